The summed E-state index contributed by atoms with van der Waals surface area (Å²) in [6, 6.07) is 4.13. The number of benzene rings is 1. The first-order valence-electron chi connectivity index (χ1n) is 8.42. The average molecular weight is 304 g/mol. The molecule has 0 radical (unpaired) electrons. The Morgan fingerprint density at radius 3 is 2.14 bits per heavy atom. The van der Waals surface area contributed by atoms with Crippen molar-refractivity contribution in [1.29, 1.82) is 0 Å². The number of hydrogen-bond donors (Lipinski definition) is 0. The topological polar surface area (TPSA) is 35.5 Å². The molecule has 1 fully saturated rings. The number of carbonyl (C=O) groups excluding carboxylic acids is 1. The fraction of sp³-hybridized carbons (Fsp3) is 0.632. The van der Waals surface area contributed by atoms with Gasteiger partial charge in [0.25, 0.3) is 0 Å². The van der Waals surface area contributed by atoms with Crippen LogP contribution < -0.4 is 9.47 Å². The first-order valence-corrected chi connectivity index (χ1v) is 8.42. The number of ether oxygens (including phenoxy) is 2. The lowest BCUT2D eigenvalue weighted by Crippen LogP contribution is -2.29. The number of aldehydes is 1. The van der Waals surface area contributed by atoms with Gasteiger partial charge in [-0.05, 0) is 42.4 Å². The van der Waals surface area contributed by atoms with Crippen molar-refractivity contribution in [3.05, 3.63) is 23.3 Å². The zero-order chi connectivity index (χ0) is 16.0. The van der Waals surface area contributed by atoms with Crippen LogP contribution in [0.3, 0.4) is 0 Å². The van der Waals surface area contributed by atoms with Crippen LogP contribution in [-0.2, 0) is 5.41 Å². The van der Waals surface area contributed by atoms with Crippen LogP contribution in [0.5, 0.6) is 11.5 Å². The van der Waals surface area contributed by atoms with Crippen molar-refractivity contribution in [2.75, 3.05) is 14.2 Å². The largest absolute Gasteiger partial charge is 0.496 e. The Bertz CT molecular complexity index is 476. The molecule has 0 spiro atoms. The van der Waals surface area contributed by atoms with Gasteiger partial charge in [0, 0.05) is 0 Å². The molecule has 3 heteroatoms. The monoisotopic (exact) mass is 304 g/mol. The van der Waals surface area contributed by atoms with E-state index in [1.54, 1.807) is 14.2 Å². The van der Waals surface area contributed by atoms with Crippen LogP contribution >= 0.6 is 0 Å². The molecule has 3 nitrogen and oxygen atoms in total. The van der Waals surface area contributed by atoms with E-state index in [2.05, 4.69) is 19.1 Å². The molecule has 122 valence electrons. The molecule has 0 N–H and O–H groups in total. The summed E-state index contributed by atoms with van der Waals surface area (Å²) in [7, 11) is 3.23. The zero-order valence-electron chi connectivity index (χ0n) is 14.1. The Labute approximate surface area is 134 Å². The number of unbranched alkanes of at least 4 members (excludes halogenated alkanes) is 1. The van der Waals surface area contributed by atoms with Gasteiger partial charge in [0.15, 0.2) is 6.29 Å². The molecule has 2 rings (SSSR count). The van der Waals surface area contributed by atoms with Crippen LogP contribution in [0.15, 0.2) is 12.1 Å². The standard InChI is InChI=1S/C19H28O3/c1-4-5-9-19(10-7-6-8-11-19)15-12-17(21-2)16(14-20)18(13-15)22-3/h12-14H,4-11H2,1-3H3. The van der Waals surface area contributed by atoms with E-state index in [1.165, 1.54) is 56.9 Å². The molecule has 0 aliphatic heterocycles. The van der Waals surface area contributed by atoms with E-state index >= 15 is 0 Å². The van der Waals surface area contributed by atoms with Crippen molar-refractivity contribution in [2.45, 2.75) is 63.7 Å². The summed E-state index contributed by atoms with van der Waals surface area (Å²) in [5.41, 5.74) is 2.01. The molecule has 1 saturated carbocycles. The van der Waals surface area contributed by atoms with Gasteiger partial charge in [0.1, 0.15) is 11.5 Å². The summed E-state index contributed by atoms with van der Waals surface area (Å²) in [5.74, 6) is 1.26. The van der Waals surface area contributed by atoms with Crippen molar-refractivity contribution in [3.63, 3.8) is 0 Å². The first-order chi connectivity index (χ1) is 10.7. The van der Waals surface area contributed by atoms with Gasteiger partial charge in [0.05, 0.1) is 19.8 Å². The van der Waals surface area contributed by atoms with Gasteiger partial charge < -0.3 is 9.47 Å². The maximum Gasteiger partial charge on any atom is 0.157 e. The molecule has 22 heavy (non-hydrogen) atoms. The number of methoxy groups -OCH3 is 2. The minimum atomic E-state index is 0.218. The molecule has 0 aromatic heterocycles. The lowest BCUT2D eigenvalue weighted by atomic mass is 9.66. The van der Waals surface area contributed by atoms with Crippen molar-refractivity contribution in [2.24, 2.45) is 0 Å². The molecular formula is C19H28O3. The minimum Gasteiger partial charge on any atom is -0.496 e. The summed E-state index contributed by atoms with van der Waals surface area (Å²) in [6.45, 7) is 2.24. The number of rotatable bonds is 7. The van der Waals surface area contributed by atoms with E-state index in [1.807, 2.05) is 0 Å². The highest BCUT2D eigenvalue weighted by Crippen LogP contribution is 2.46. The highest BCUT2D eigenvalue weighted by atomic mass is 16.5. The predicted molar refractivity (Wildman–Crippen MR) is 89.2 cm³/mol. The number of hydrogen-bond acceptors (Lipinski definition) is 3. The van der Waals surface area contributed by atoms with Gasteiger partial charge in [-0.2, -0.15) is 0 Å². The Morgan fingerprint density at radius 1 is 1.09 bits per heavy atom. The van der Waals surface area contributed by atoms with Gasteiger partial charge >= 0.3 is 0 Å². The third-order valence-electron chi connectivity index (χ3n) is 5.09. The van der Waals surface area contributed by atoms with Crippen molar-refractivity contribution >= 4 is 6.29 Å². The van der Waals surface area contributed by atoms with Crippen molar-refractivity contribution in [1.82, 2.24) is 0 Å². The van der Waals surface area contributed by atoms with E-state index in [0.717, 1.165) is 6.29 Å². The van der Waals surface area contributed by atoms with Crippen LogP contribution in [0.1, 0.15) is 74.2 Å². The second-order valence-corrected chi connectivity index (χ2v) is 6.36. The molecule has 1 aromatic carbocycles. The molecule has 1 aromatic rings. The van der Waals surface area contributed by atoms with Crippen molar-refractivity contribution < 1.29 is 14.3 Å². The summed E-state index contributed by atoms with van der Waals surface area (Å²) < 4.78 is 10.9. The molecule has 0 saturated heterocycles. The maximum absolute atomic E-state index is 11.3. The molecule has 1 aliphatic carbocycles. The molecule has 0 amide bonds. The minimum absolute atomic E-state index is 0.218. The van der Waals surface area contributed by atoms with Gasteiger partial charge in [-0.1, -0.05) is 39.0 Å². The number of carbonyl (C=O) groups is 1. The van der Waals surface area contributed by atoms with E-state index in [-0.39, 0.29) is 5.41 Å². The normalized spacial score (nSPS) is 17.0. The van der Waals surface area contributed by atoms with Gasteiger partial charge in [-0.25, -0.2) is 0 Å². The van der Waals surface area contributed by atoms with Gasteiger partial charge in [0.2, 0.25) is 0 Å². The van der Waals surface area contributed by atoms with Crippen molar-refractivity contribution in [3.8, 4) is 11.5 Å². The molecule has 0 heterocycles. The highest BCUT2D eigenvalue weighted by molar-refractivity contribution is 5.84. The lowest BCUT2D eigenvalue weighted by Gasteiger charge is -2.38. The maximum atomic E-state index is 11.3. The van der Waals surface area contributed by atoms with Gasteiger partial charge in [-0.15, -0.1) is 0 Å². The Hall–Kier alpha value is -1.51. The first kappa shape index (κ1) is 16.9. The molecule has 0 bridgehead atoms. The van der Waals surface area contributed by atoms with E-state index < -0.39 is 0 Å². The summed E-state index contributed by atoms with van der Waals surface area (Å²) in [5, 5.41) is 0. The summed E-state index contributed by atoms with van der Waals surface area (Å²) in [6.07, 6.45) is 10.8. The van der Waals surface area contributed by atoms with E-state index in [9.17, 15) is 4.79 Å². The lowest BCUT2D eigenvalue weighted by molar-refractivity contribution is 0.111. The summed E-state index contributed by atoms with van der Waals surface area (Å²) >= 11 is 0. The van der Waals surface area contributed by atoms with E-state index in [0.29, 0.717) is 17.1 Å². The summed E-state index contributed by atoms with van der Waals surface area (Å²) in [4.78, 5) is 11.3. The second kappa shape index (κ2) is 7.66. The Morgan fingerprint density at radius 2 is 1.68 bits per heavy atom. The molecular weight excluding hydrogens is 276 g/mol. The third kappa shape index (κ3) is 3.29. The van der Waals surface area contributed by atoms with Gasteiger partial charge in [-0.3, -0.25) is 4.79 Å². The van der Waals surface area contributed by atoms with Crippen LogP contribution in [0.2, 0.25) is 0 Å². The van der Waals surface area contributed by atoms with Crippen LogP contribution in [-0.4, -0.2) is 20.5 Å². The Kier molecular flexibility index (Phi) is 5.87. The second-order valence-electron chi connectivity index (χ2n) is 6.36. The fourth-order valence-electron chi connectivity index (χ4n) is 3.79. The molecule has 0 atom stereocenters. The zero-order valence-corrected chi connectivity index (χ0v) is 14.1. The van der Waals surface area contributed by atoms with E-state index in [4.69, 9.17) is 9.47 Å². The SMILES string of the molecule is CCCCC1(c2cc(OC)c(C=O)c(OC)c2)CCCCC1. The fourth-order valence-corrected chi connectivity index (χ4v) is 3.79. The van der Waals surface area contributed by atoms with Crippen LogP contribution in [0.4, 0.5) is 0 Å². The van der Waals surface area contributed by atoms with Crippen LogP contribution in [0.25, 0.3) is 0 Å². The molecule has 1 aliphatic rings. The predicted octanol–water partition coefficient (Wildman–Crippen LogP) is 4.91. The molecule has 0 unspecified atom stereocenters. The van der Waals surface area contributed by atoms with Crippen LogP contribution in [0, 0.1) is 0 Å². The Balaban J connectivity index is 2.48. The average Bonchev–Trinajstić information content (AvgIpc) is 2.59. The highest BCUT2D eigenvalue weighted by Gasteiger charge is 2.34. The third-order valence-corrected chi connectivity index (χ3v) is 5.09. The smallest absolute Gasteiger partial charge is 0.157 e. The quantitative estimate of drug-likeness (QED) is 0.671.